The molecule has 0 aromatic carbocycles. The lowest BCUT2D eigenvalue weighted by Crippen LogP contribution is -2.35. The van der Waals surface area contributed by atoms with E-state index < -0.39 is 32.9 Å². The number of nitrogens with two attached hydrogens (primary N) is 1. The van der Waals surface area contributed by atoms with Crippen LogP contribution in [0, 0.1) is 5.92 Å². The number of carbonyl (C=O) groups is 2. The van der Waals surface area contributed by atoms with Gasteiger partial charge in [0, 0.05) is 31.5 Å². The maximum absolute atomic E-state index is 12.7. The summed E-state index contributed by atoms with van der Waals surface area (Å²) in [5.74, 6) is -2.53. The number of hydrogen-bond acceptors (Lipinski definition) is 5. The van der Waals surface area contributed by atoms with Crippen LogP contribution in [0.5, 0.6) is 0 Å². The Bertz CT molecular complexity index is 859. The minimum atomic E-state index is -3.65. The third-order valence-electron chi connectivity index (χ3n) is 4.14. The molecule has 0 unspecified atom stereocenters. The maximum Gasteiger partial charge on any atom is 0.341 e. The van der Waals surface area contributed by atoms with Gasteiger partial charge in [-0.3, -0.25) is 9.59 Å². The van der Waals surface area contributed by atoms with E-state index in [2.05, 4.69) is 0 Å². The van der Waals surface area contributed by atoms with E-state index in [1.165, 1.54) is 21.9 Å². The summed E-state index contributed by atoms with van der Waals surface area (Å²) in [6.45, 7) is 4.04. The van der Waals surface area contributed by atoms with E-state index >= 15 is 0 Å². The predicted molar refractivity (Wildman–Crippen MR) is 90.0 cm³/mol. The molecule has 1 aromatic rings. The predicted octanol–water partition coefficient (Wildman–Crippen LogP) is -0.122. The molecule has 1 aliphatic heterocycles. The molecule has 1 saturated heterocycles. The van der Waals surface area contributed by atoms with Crippen LogP contribution in [0.25, 0.3) is 0 Å². The monoisotopic (exact) mass is 371 g/mol. The Morgan fingerprint density at radius 3 is 2.44 bits per heavy atom. The summed E-state index contributed by atoms with van der Waals surface area (Å²) >= 11 is 0. The van der Waals surface area contributed by atoms with Crippen LogP contribution < -0.4 is 10.6 Å². The lowest BCUT2D eigenvalue weighted by atomic mass is 10.1. The zero-order valence-electron chi connectivity index (χ0n) is 14.0. The molecule has 138 valence electrons. The minimum absolute atomic E-state index is 0.140. The number of sulfonamides is 1. The highest BCUT2D eigenvalue weighted by Crippen LogP contribution is 2.19. The summed E-state index contributed by atoms with van der Waals surface area (Å²) in [7, 11) is -3.65. The maximum atomic E-state index is 12.7. The topological polar surface area (TPSA) is 140 Å². The minimum Gasteiger partial charge on any atom is -0.477 e. The summed E-state index contributed by atoms with van der Waals surface area (Å²) in [5, 5.41) is 14.2. The SMILES string of the molecule is CC(C)n1cc(C(=O)O)c(=O)c(C(=O)N2CC[C@H](CS(N)(=O)=O)C2)c1. The van der Waals surface area contributed by atoms with Crippen molar-refractivity contribution in [3.05, 3.63) is 33.7 Å². The highest BCUT2D eigenvalue weighted by molar-refractivity contribution is 7.89. The van der Waals surface area contributed by atoms with Crippen LogP contribution in [0.4, 0.5) is 0 Å². The second-order valence-electron chi connectivity index (χ2n) is 6.50. The Labute approximate surface area is 145 Å². The van der Waals surface area contributed by atoms with Crippen molar-refractivity contribution >= 4 is 21.9 Å². The molecular formula is C15H21N3O6S. The smallest absolute Gasteiger partial charge is 0.341 e. The quantitative estimate of drug-likeness (QED) is 0.739. The van der Waals surface area contributed by atoms with Gasteiger partial charge in [0.1, 0.15) is 11.1 Å². The van der Waals surface area contributed by atoms with E-state index in [0.29, 0.717) is 6.42 Å². The molecule has 25 heavy (non-hydrogen) atoms. The van der Waals surface area contributed by atoms with E-state index in [0.717, 1.165) is 0 Å². The number of aromatic carboxylic acids is 1. The molecule has 2 rings (SSSR count). The molecule has 1 atom stereocenters. The van der Waals surface area contributed by atoms with Gasteiger partial charge in [-0.05, 0) is 26.2 Å². The zero-order chi connectivity index (χ0) is 18.9. The molecule has 0 aliphatic carbocycles. The van der Waals surface area contributed by atoms with Gasteiger partial charge in [-0.2, -0.15) is 0 Å². The lowest BCUT2D eigenvalue weighted by molar-refractivity contribution is 0.0694. The van der Waals surface area contributed by atoms with Crippen LogP contribution in [0.1, 0.15) is 47.0 Å². The molecule has 2 heterocycles. The van der Waals surface area contributed by atoms with Gasteiger partial charge in [0.2, 0.25) is 15.5 Å². The van der Waals surface area contributed by atoms with Crippen LogP contribution >= 0.6 is 0 Å². The summed E-state index contributed by atoms with van der Waals surface area (Å²) < 4.78 is 23.9. The Kier molecular flexibility index (Phi) is 5.33. The fourth-order valence-electron chi connectivity index (χ4n) is 2.85. The van der Waals surface area contributed by atoms with Gasteiger partial charge in [0.25, 0.3) is 5.91 Å². The third kappa shape index (κ3) is 4.45. The van der Waals surface area contributed by atoms with Crippen molar-refractivity contribution in [2.24, 2.45) is 11.1 Å². The number of primary sulfonamides is 1. The number of pyridine rings is 1. The van der Waals surface area contributed by atoms with Crippen molar-refractivity contribution in [3.8, 4) is 0 Å². The first kappa shape index (κ1) is 19.1. The number of rotatable bonds is 5. The van der Waals surface area contributed by atoms with Crippen LogP contribution in [0.2, 0.25) is 0 Å². The number of carbonyl (C=O) groups excluding carboxylic acids is 1. The second kappa shape index (κ2) is 6.96. The van der Waals surface area contributed by atoms with Crippen LogP contribution in [-0.2, 0) is 10.0 Å². The Morgan fingerprint density at radius 2 is 1.92 bits per heavy atom. The normalized spacial score (nSPS) is 17.9. The number of amides is 1. The molecule has 0 bridgehead atoms. The largest absolute Gasteiger partial charge is 0.477 e. The highest BCUT2D eigenvalue weighted by Gasteiger charge is 2.31. The Morgan fingerprint density at radius 1 is 1.32 bits per heavy atom. The Hall–Kier alpha value is -2.20. The Balaban J connectivity index is 2.33. The number of carboxylic acid groups (broad SMARTS) is 1. The lowest BCUT2D eigenvalue weighted by Gasteiger charge is -2.18. The molecule has 1 aliphatic rings. The van der Waals surface area contributed by atoms with Crippen LogP contribution in [0.15, 0.2) is 17.2 Å². The van der Waals surface area contributed by atoms with Gasteiger partial charge in [0.15, 0.2) is 0 Å². The van der Waals surface area contributed by atoms with E-state index in [1.54, 1.807) is 13.8 Å². The second-order valence-corrected chi connectivity index (χ2v) is 8.16. The van der Waals surface area contributed by atoms with Crippen molar-refractivity contribution in [2.45, 2.75) is 26.3 Å². The fraction of sp³-hybridized carbons (Fsp3) is 0.533. The first-order chi connectivity index (χ1) is 11.5. The molecule has 0 spiro atoms. The fourth-order valence-corrected chi connectivity index (χ4v) is 3.78. The van der Waals surface area contributed by atoms with Crippen molar-refractivity contribution in [2.75, 3.05) is 18.8 Å². The molecule has 1 aromatic heterocycles. The molecule has 10 heteroatoms. The summed E-state index contributed by atoms with van der Waals surface area (Å²) in [5.41, 5.74) is -1.55. The average Bonchev–Trinajstić information content (AvgIpc) is 2.92. The zero-order valence-corrected chi connectivity index (χ0v) is 14.8. The standard InChI is InChI=1S/C15H21N3O6S/c1-9(2)18-6-11(13(19)12(7-18)15(21)22)14(20)17-4-3-10(5-17)8-25(16,23)24/h6-7,9-10H,3-5,8H2,1-2H3,(H,21,22)(H2,16,23,24)/t10-/m0/s1. The summed E-state index contributed by atoms with van der Waals surface area (Å²) in [4.78, 5) is 37.7. The van der Waals surface area contributed by atoms with Crippen molar-refractivity contribution in [3.63, 3.8) is 0 Å². The van der Waals surface area contributed by atoms with Crippen molar-refractivity contribution in [1.82, 2.24) is 9.47 Å². The van der Waals surface area contributed by atoms with E-state index in [-0.39, 0.29) is 36.4 Å². The average molecular weight is 371 g/mol. The first-order valence-corrected chi connectivity index (χ1v) is 9.50. The van der Waals surface area contributed by atoms with Gasteiger partial charge in [-0.15, -0.1) is 0 Å². The first-order valence-electron chi connectivity index (χ1n) is 7.78. The molecule has 1 fully saturated rings. The highest BCUT2D eigenvalue weighted by atomic mass is 32.2. The van der Waals surface area contributed by atoms with E-state index in [1.807, 2.05) is 0 Å². The number of aromatic nitrogens is 1. The van der Waals surface area contributed by atoms with Crippen molar-refractivity contribution < 1.29 is 23.1 Å². The van der Waals surface area contributed by atoms with E-state index in [4.69, 9.17) is 5.14 Å². The van der Waals surface area contributed by atoms with Gasteiger partial charge < -0.3 is 14.6 Å². The molecule has 0 saturated carbocycles. The van der Waals surface area contributed by atoms with Gasteiger partial charge in [-0.25, -0.2) is 18.4 Å². The van der Waals surface area contributed by atoms with Gasteiger partial charge in [-0.1, -0.05) is 0 Å². The third-order valence-corrected chi connectivity index (χ3v) is 5.08. The van der Waals surface area contributed by atoms with Crippen LogP contribution in [0.3, 0.4) is 0 Å². The van der Waals surface area contributed by atoms with Crippen LogP contribution in [-0.4, -0.2) is 53.7 Å². The molecule has 9 nitrogen and oxygen atoms in total. The molecule has 1 amide bonds. The summed E-state index contributed by atoms with van der Waals surface area (Å²) in [6.07, 6.45) is 3.01. The van der Waals surface area contributed by atoms with E-state index in [9.17, 15) is 27.9 Å². The molecule has 3 N–H and O–H groups in total. The number of nitrogens with zero attached hydrogens (tertiary/aromatic N) is 2. The van der Waals surface area contributed by atoms with Gasteiger partial charge >= 0.3 is 5.97 Å². The summed E-state index contributed by atoms with van der Waals surface area (Å²) in [6, 6.07) is -0.140. The van der Waals surface area contributed by atoms with Crippen molar-refractivity contribution in [1.29, 1.82) is 0 Å². The molecular weight excluding hydrogens is 350 g/mol. The number of likely N-dealkylation sites (tertiary alicyclic amines) is 1. The number of carboxylic acids is 1. The van der Waals surface area contributed by atoms with Gasteiger partial charge in [0.05, 0.1) is 5.75 Å². The molecule has 0 radical (unpaired) electrons. The number of hydrogen-bond donors (Lipinski definition) is 2.